The van der Waals surface area contributed by atoms with E-state index in [0.717, 1.165) is 14.1 Å². The Hall–Kier alpha value is -1.32. The number of hydrogen-bond acceptors (Lipinski definition) is 3. The maximum Gasteiger partial charge on any atom is 0.255 e. The predicted octanol–water partition coefficient (Wildman–Crippen LogP) is 3.59. The third-order valence-corrected chi connectivity index (χ3v) is 5.38. The summed E-state index contributed by atoms with van der Waals surface area (Å²) in [6.07, 6.45) is 1.07. The number of amides is 1. The molecule has 0 unspecified atom stereocenters. The van der Waals surface area contributed by atoms with E-state index in [1.165, 1.54) is 19.2 Å². The minimum Gasteiger partial charge on any atom is -0.322 e. The van der Waals surface area contributed by atoms with Gasteiger partial charge in [0.1, 0.15) is 0 Å². The number of benzene rings is 2. The number of rotatable bonds is 4. The van der Waals surface area contributed by atoms with Gasteiger partial charge in [0.05, 0.1) is 17.0 Å². The molecule has 0 spiro atoms. The normalized spacial score (nSPS) is 11.1. The molecule has 2 aromatic rings. The molecule has 2 aromatic carbocycles. The summed E-state index contributed by atoms with van der Waals surface area (Å²) in [7, 11) is -2.08. The van der Waals surface area contributed by atoms with Gasteiger partial charge in [0.25, 0.3) is 5.91 Å². The molecule has 0 aliphatic heterocycles. The lowest BCUT2D eigenvalue weighted by atomic mass is 10.2. The van der Waals surface area contributed by atoms with Crippen LogP contribution in [0, 0.1) is 3.57 Å². The smallest absolute Gasteiger partial charge is 0.255 e. The van der Waals surface area contributed by atoms with E-state index in [2.05, 4.69) is 27.9 Å². The van der Waals surface area contributed by atoms with Gasteiger partial charge in [-0.25, -0.2) is 8.42 Å². The number of nitrogens with one attached hydrogen (secondary N) is 1. The van der Waals surface area contributed by atoms with Gasteiger partial charge in [-0.1, -0.05) is 11.6 Å². The van der Waals surface area contributed by atoms with Crippen LogP contribution in [0.5, 0.6) is 0 Å². The SMILES string of the molecule is CN(c1cc(C(=O)Nc2ccc(I)cc2)ccc1Cl)S(C)(=O)=O. The van der Waals surface area contributed by atoms with Gasteiger partial charge in [0.2, 0.25) is 10.0 Å². The Balaban J connectivity index is 2.29. The van der Waals surface area contributed by atoms with Crippen LogP contribution >= 0.6 is 34.2 Å². The molecule has 0 heterocycles. The Morgan fingerprint density at radius 1 is 1.17 bits per heavy atom. The molecule has 0 saturated heterocycles. The van der Waals surface area contributed by atoms with E-state index in [-0.39, 0.29) is 16.6 Å². The van der Waals surface area contributed by atoms with Crippen LogP contribution in [0.1, 0.15) is 10.4 Å². The molecule has 1 N–H and O–H groups in total. The lowest BCUT2D eigenvalue weighted by Crippen LogP contribution is -2.25. The molecule has 23 heavy (non-hydrogen) atoms. The van der Waals surface area contributed by atoms with Crippen molar-refractivity contribution in [1.29, 1.82) is 0 Å². The first-order chi connectivity index (χ1) is 10.7. The zero-order chi connectivity index (χ0) is 17.2. The fraction of sp³-hybridized carbons (Fsp3) is 0.133. The first-order valence-electron chi connectivity index (χ1n) is 6.49. The van der Waals surface area contributed by atoms with E-state index in [0.29, 0.717) is 11.3 Å². The highest BCUT2D eigenvalue weighted by atomic mass is 127. The molecule has 0 aliphatic carbocycles. The van der Waals surface area contributed by atoms with Gasteiger partial charge in [-0.2, -0.15) is 0 Å². The van der Waals surface area contributed by atoms with Crippen LogP contribution in [0.25, 0.3) is 0 Å². The fourth-order valence-corrected chi connectivity index (χ4v) is 2.97. The van der Waals surface area contributed by atoms with Crippen LogP contribution in [-0.2, 0) is 10.0 Å². The Morgan fingerprint density at radius 2 is 1.78 bits per heavy atom. The first-order valence-corrected chi connectivity index (χ1v) is 9.79. The quantitative estimate of drug-likeness (QED) is 0.703. The van der Waals surface area contributed by atoms with E-state index < -0.39 is 10.0 Å². The molecule has 0 saturated carbocycles. The van der Waals surface area contributed by atoms with Crippen molar-refractivity contribution in [2.24, 2.45) is 0 Å². The summed E-state index contributed by atoms with van der Waals surface area (Å²) in [6.45, 7) is 0. The second-order valence-electron chi connectivity index (χ2n) is 4.86. The molecule has 0 bridgehead atoms. The number of halogens is 2. The van der Waals surface area contributed by atoms with Crippen LogP contribution in [0.4, 0.5) is 11.4 Å². The molecular weight excluding hydrogens is 451 g/mol. The van der Waals surface area contributed by atoms with Crippen molar-refractivity contribution in [2.45, 2.75) is 0 Å². The molecule has 2 rings (SSSR count). The lowest BCUT2D eigenvalue weighted by Gasteiger charge is -2.18. The average Bonchev–Trinajstić information content (AvgIpc) is 2.48. The molecule has 122 valence electrons. The number of carbonyl (C=O) groups excluding carboxylic acids is 1. The fourth-order valence-electron chi connectivity index (χ4n) is 1.81. The summed E-state index contributed by atoms with van der Waals surface area (Å²) in [4.78, 5) is 12.3. The van der Waals surface area contributed by atoms with Gasteiger partial charge in [-0.15, -0.1) is 0 Å². The Labute approximate surface area is 153 Å². The Bertz CT molecular complexity index is 838. The van der Waals surface area contributed by atoms with Gasteiger partial charge >= 0.3 is 0 Å². The number of hydrogen-bond donors (Lipinski definition) is 1. The zero-order valence-electron chi connectivity index (χ0n) is 12.4. The number of sulfonamides is 1. The van der Waals surface area contributed by atoms with E-state index in [1.807, 2.05) is 12.1 Å². The molecule has 0 fully saturated rings. The third-order valence-electron chi connectivity index (χ3n) is 3.15. The Kier molecular flexibility index (Phi) is 5.53. The van der Waals surface area contributed by atoms with Crippen molar-refractivity contribution in [1.82, 2.24) is 0 Å². The molecule has 0 aromatic heterocycles. The number of nitrogens with zero attached hydrogens (tertiary/aromatic N) is 1. The summed E-state index contributed by atoms with van der Waals surface area (Å²) in [5, 5.41) is 3.01. The van der Waals surface area contributed by atoms with Crippen molar-refractivity contribution >= 4 is 61.5 Å². The summed E-state index contributed by atoms with van der Waals surface area (Å²) in [5.41, 5.74) is 1.23. The highest BCUT2D eigenvalue weighted by Gasteiger charge is 2.17. The van der Waals surface area contributed by atoms with Crippen molar-refractivity contribution in [3.63, 3.8) is 0 Å². The molecular formula is C15H14ClIN2O3S. The van der Waals surface area contributed by atoms with Gasteiger partial charge in [0, 0.05) is 21.9 Å². The molecule has 0 radical (unpaired) electrons. The van der Waals surface area contributed by atoms with Crippen LogP contribution in [0.2, 0.25) is 5.02 Å². The molecule has 0 atom stereocenters. The zero-order valence-corrected chi connectivity index (χ0v) is 16.1. The molecule has 5 nitrogen and oxygen atoms in total. The van der Waals surface area contributed by atoms with Crippen molar-refractivity contribution in [3.05, 3.63) is 56.6 Å². The van der Waals surface area contributed by atoms with Gasteiger partial charge in [-0.05, 0) is 65.1 Å². The lowest BCUT2D eigenvalue weighted by molar-refractivity contribution is 0.102. The number of carbonyl (C=O) groups is 1. The van der Waals surface area contributed by atoms with E-state index in [4.69, 9.17) is 11.6 Å². The third kappa shape index (κ3) is 4.58. The number of anilines is 2. The van der Waals surface area contributed by atoms with Crippen molar-refractivity contribution in [3.8, 4) is 0 Å². The van der Waals surface area contributed by atoms with Gasteiger partial charge in [-0.3, -0.25) is 9.10 Å². The molecule has 1 amide bonds. The molecule has 8 heteroatoms. The van der Waals surface area contributed by atoms with Gasteiger partial charge < -0.3 is 5.32 Å². The second-order valence-corrected chi connectivity index (χ2v) is 8.52. The maximum absolute atomic E-state index is 12.3. The van der Waals surface area contributed by atoms with E-state index >= 15 is 0 Å². The first kappa shape index (κ1) is 18.0. The topological polar surface area (TPSA) is 66.5 Å². The monoisotopic (exact) mass is 464 g/mol. The highest BCUT2D eigenvalue weighted by molar-refractivity contribution is 14.1. The van der Waals surface area contributed by atoms with Crippen LogP contribution in [0.15, 0.2) is 42.5 Å². The summed E-state index contributed by atoms with van der Waals surface area (Å²) in [6, 6.07) is 11.8. The average molecular weight is 465 g/mol. The summed E-state index contributed by atoms with van der Waals surface area (Å²) < 4.78 is 25.4. The van der Waals surface area contributed by atoms with E-state index in [1.54, 1.807) is 18.2 Å². The Morgan fingerprint density at radius 3 is 2.35 bits per heavy atom. The van der Waals surface area contributed by atoms with Crippen LogP contribution in [0.3, 0.4) is 0 Å². The highest BCUT2D eigenvalue weighted by Crippen LogP contribution is 2.28. The maximum atomic E-state index is 12.3. The predicted molar refractivity (Wildman–Crippen MR) is 102 cm³/mol. The standard InChI is InChI=1S/C15H14ClIN2O3S/c1-19(23(2,21)22)14-9-10(3-8-13(14)16)15(20)18-12-6-4-11(17)5-7-12/h3-9H,1-2H3,(H,18,20). The minimum absolute atomic E-state index is 0.253. The van der Waals surface area contributed by atoms with Gasteiger partial charge in [0.15, 0.2) is 0 Å². The molecule has 0 aliphatic rings. The van der Waals surface area contributed by atoms with Crippen molar-refractivity contribution in [2.75, 3.05) is 22.9 Å². The second kappa shape index (κ2) is 7.06. The van der Waals surface area contributed by atoms with Crippen molar-refractivity contribution < 1.29 is 13.2 Å². The van der Waals surface area contributed by atoms with E-state index in [9.17, 15) is 13.2 Å². The van der Waals surface area contributed by atoms with Crippen LogP contribution < -0.4 is 9.62 Å². The van der Waals surface area contributed by atoms with Crippen LogP contribution in [-0.4, -0.2) is 27.6 Å². The largest absolute Gasteiger partial charge is 0.322 e. The summed E-state index contributed by atoms with van der Waals surface area (Å²) in [5.74, 6) is -0.342. The summed E-state index contributed by atoms with van der Waals surface area (Å²) >= 11 is 8.22. The minimum atomic E-state index is -3.47.